The monoisotopic (exact) mass is 395 g/mol. The van der Waals surface area contributed by atoms with Gasteiger partial charge in [-0.05, 0) is 48.0 Å². The summed E-state index contributed by atoms with van der Waals surface area (Å²) < 4.78 is 15.2. The number of nitriles is 1. The minimum atomic E-state index is -0.787. The minimum Gasteiger partial charge on any atom is -0.497 e. The molecular formula is C20H14ClN3O4. The Morgan fingerprint density at radius 2 is 1.93 bits per heavy atom. The van der Waals surface area contributed by atoms with Crippen LogP contribution in [-0.2, 0) is 16.1 Å². The summed E-state index contributed by atoms with van der Waals surface area (Å²) in [6.07, 6.45) is 1.43. The summed E-state index contributed by atoms with van der Waals surface area (Å²) in [5.74, 6) is 0.340. The third-order valence-corrected chi connectivity index (χ3v) is 3.92. The third kappa shape index (κ3) is 4.75. The van der Waals surface area contributed by atoms with Crippen molar-refractivity contribution in [1.29, 1.82) is 5.26 Å². The van der Waals surface area contributed by atoms with Crippen molar-refractivity contribution in [3.63, 3.8) is 0 Å². The van der Waals surface area contributed by atoms with Gasteiger partial charge in [0.15, 0.2) is 6.61 Å². The number of hydrogen-bond donors (Lipinski definition) is 0. The van der Waals surface area contributed by atoms with Crippen LogP contribution in [0.3, 0.4) is 0 Å². The molecule has 0 unspecified atom stereocenters. The number of nitrogens with zero attached hydrogens (tertiary/aromatic N) is 3. The van der Waals surface area contributed by atoms with E-state index < -0.39 is 5.97 Å². The minimum absolute atomic E-state index is 0.111. The molecule has 0 radical (unpaired) electrons. The number of methoxy groups -OCH3 is 1. The van der Waals surface area contributed by atoms with Gasteiger partial charge in [0.1, 0.15) is 17.4 Å². The molecule has 8 heteroatoms. The van der Waals surface area contributed by atoms with Crippen molar-refractivity contribution in [3.8, 4) is 23.2 Å². The first kappa shape index (κ1) is 19.1. The molecule has 0 fully saturated rings. The lowest BCUT2D eigenvalue weighted by Gasteiger charge is -2.02. The Bertz CT molecular complexity index is 1030. The summed E-state index contributed by atoms with van der Waals surface area (Å²) in [5, 5.41) is 13.6. The fraction of sp³-hybridized carbons (Fsp3) is 0.100. The Labute approximate surface area is 165 Å². The standard InChI is InChI=1S/C20H14ClN3O4/c1-26-17-8-2-13(3-9-17)10-15(11-22)20(25)27-12-18-23-19(24-28-18)14-4-6-16(21)7-5-14/h2-10H,12H2,1H3/b15-10+. The molecule has 0 aliphatic carbocycles. The van der Waals surface area contributed by atoms with Crippen molar-refractivity contribution < 1.29 is 18.8 Å². The average molecular weight is 396 g/mol. The van der Waals surface area contributed by atoms with E-state index in [1.165, 1.54) is 6.08 Å². The van der Waals surface area contributed by atoms with Crippen molar-refractivity contribution in [2.24, 2.45) is 0 Å². The van der Waals surface area contributed by atoms with Crippen molar-refractivity contribution in [2.75, 3.05) is 7.11 Å². The number of ether oxygens (including phenoxy) is 2. The van der Waals surface area contributed by atoms with E-state index in [4.69, 9.17) is 25.6 Å². The summed E-state index contributed by atoms with van der Waals surface area (Å²) >= 11 is 5.85. The number of rotatable bonds is 6. The van der Waals surface area contributed by atoms with Gasteiger partial charge in [-0.2, -0.15) is 10.2 Å². The second kappa shape index (κ2) is 8.84. The van der Waals surface area contributed by atoms with Crippen LogP contribution in [0.1, 0.15) is 11.5 Å². The highest BCUT2D eigenvalue weighted by Gasteiger charge is 2.14. The zero-order valence-corrected chi connectivity index (χ0v) is 15.5. The highest BCUT2D eigenvalue weighted by molar-refractivity contribution is 6.30. The van der Waals surface area contributed by atoms with Crippen LogP contribution in [0, 0.1) is 11.3 Å². The van der Waals surface area contributed by atoms with Crippen LogP contribution >= 0.6 is 11.6 Å². The molecule has 2 aromatic carbocycles. The number of hydrogen-bond acceptors (Lipinski definition) is 7. The SMILES string of the molecule is COc1ccc(/C=C(\C#N)C(=O)OCc2nc(-c3ccc(Cl)cc3)no2)cc1. The van der Waals surface area contributed by atoms with E-state index in [9.17, 15) is 10.1 Å². The second-order valence-electron chi connectivity index (χ2n) is 5.54. The van der Waals surface area contributed by atoms with Crippen molar-refractivity contribution in [2.45, 2.75) is 6.61 Å². The van der Waals surface area contributed by atoms with Gasteiger partial charge in [0.25, 0.3) is 5.89 Å². The highest BCUT2D eigenvalue weighted by atomic mass is 35.5. The van der Waals surface area contributed by atoms with Gasteiger partial charge < -0.3 is 14.0 Å². The molecule has 0 N–H and O–H groups in total. The molecule has 0 saturated heterocycles. The first-order valence-electron chi connectivity index (χ1n) is 8.10. The number of carbonyl (C=O) groups excluding carboxylic acids is 1. The molecule has 0 amide bonds. The molecule has 0 aliphatic heterocycles. The number of aromatic nitrogens is 2. The van der Waals surface area contributed by atoms with E-state index >= 15 is 0 Å². The van der Waals surface area contributed by atoms with E-state index in [2.05, 4.69) is 10.1 Å². The quantitative estimate of drug-likeness (QED) is 0.352. The maximum Gasteiger partial charge on any atom is 0.349 e. The largest absolute Gasteiger partial charge is 0.497 e. The summed E-state index contributed by atoms with van der Waals surface area (Å²) in [7, 11) is 1.55. The maximum absolute atomic E-state index is 12.1. The summed E-state index contributed by atoms with van der Waals surface area (Å²) in [5.41, 5.74) is 1.22. The maximum atomic E-state index is 12.1. The molecule has 0 spiro atoms. The van der Waals surface area contributed by atoms with E-state index in [0.29, 0.717) is 27.7 Å². The summed E-state index contributed by atoms with van der Waals surface area (Å²) in [4.78, 5) is 16.3. The Morgan fingerprint density at radius 1 is 1.21 bits per heavy atom. The number of halogens is 1. The van der Waals surface area contributed by atoms with Crippen LogP contribution in [0.15, 0.2) is 58.6 Å². The molecule has 7 nitrogen and oxygen atoms in total. The van der Waals surface area contributed by atoms with Crippen molar-refractivity contribution in [3.05, 3.63) is 70.6 Å². The first-order valence-corrected chi connectivity index (χ1v) is 8.48. The van der Waals surface area contributed by atoms with E-state index in [1.54, 1.807) is 55.6 Å². The van der Waals surface area contributed by atoms with Gasteiger partial charge in [0.05, 0.1) is 7.11 Å². The van der Waals surface area contributed by atoms with E-state index in [1.807, 2.05) is 6.07 Å². The Balaban J connectivity index is 1.64. The van der Waals surface area contributed by atoms with Crippen molar-refractivity contribution >= 4 is 23.6 Å². The molecule has 0 bridgehead atoms. The topological polar surface area (TPSA) is 98.2 Å². The number of benzene rings is 2. The van der Waals surface area contributed by atoms with Crippen LogP contribution in [-0.4, -0.2) is 23.2 Å². The van der Waals surface area contributed by atoms with Gasteiger partial charge in [-0.15, -0.1) is 0 Å². The van der Waals surface area contributed by atoms with Crippen LogP contribution < -0.4 is 4.74 Å². The zero-order valence-electron chi connectivity index (χ0n) is 14.8. The molecule has 28 heavy (non-hydrogen) atoms. The van der Waals surface area contributed by atoms with Crippen LogP contribution in [0.2, 0.25) is 5.02 Å². The molecule has 3 aromatic rings. The zero-order chi connectivity index (χ0) is 19.9. The molecular weight excluding hydrogens is 382 g/mol. The van der Waals surface area contributed by atoms with Crippen LogP contribution in [0.25, 0.3) is 17.5 Å². The number of carbonyl (C=O) groups is 1. The molecule has 1 heterocycles. The predicted octanol–water partition coefficient (Wildman–Crippen LogP) is 4.05. The van der Waals surface area contributed by atoms with Crippen molar-refractivity contribution in [1.82, 2.24) is 10.1 Å². The predicted molar refractivity (Wildman–Crippen MR) is 101 cm³/mol. The van der Waals surface area contributed by atoms with Crippen LogP contribution in [0.4, 0.5) is 0 Å². The molecule has 1 aromatic heterocycles. The number of esters is 1. The van der Waals surface area contributed by atoms with Gasteiger partial charge >= 0.3 is 5.97 Å². The van der Waals surface area contributed by atoms with E-state index in [-0.39, 0.29) is 18.1 Å². The Kier molecular flexibility index (Phi) is 6.04. The molecule has 3 rings (SSSR count). The Hall–Kier alpha value is -3.63. The average Bonchev–Trinajstić information content (AvgIpc) is 3.20. The first-order chi connectivity index (χ1) is 13.6. The molecule has 140 valence electrons. The smallest absolute Gasteiger partial charge is 0.349 e. The fourth-order valence-electron chi connectivity index (χ4n) is 2.24. The lowest BCUT2D eigenvalue weighted by molar-refractivity contribution is -0.140. The lowest BCUT2D eigenvalue weighted by Crippen LogP contribution is -2.07. The van der Waals surface area contributed by atoms with E-state index in [0.717, 1.165) is 0 Å². The van der Waals surface area contributed by atoms with Gasteiger partial charge in [-0.3, -0.25) is 0 Å². The second-order valence-corrected chi connectivity index (χ2v) is 5.97. The van der Waals surface area contributed by atoms with Gasteiger partial charge in [0.2, 0.25) is 5.82 Å². The fourth-order valence-corrected chi connectivity index (χ4v) is 2.36. The van der Waals surface area contributed by atoms with Gasteiger partial charge in [-0.25, -0.2) is 4.79 Å². The summed E-state index contributed by atoms with van der Waals surface area (Å²) in [6, 6.07) is 15.6. The lowest BCUT2D eigenvalue weighted by atomic mass is 10.1. The normalized spacial score (nSPS) is 11.0. The summed E-state index contributed by atoms with van der Waals surface area (Å²) in [6.45, 7) is -0.249. The molecule has 0 atom stereocenters. The molecule has 0 saturated carbocycles. The van der Waals surface area contributed by atoms with Gasteiger partial charge in [-0.1, -0.05) is 28.9 Å². The van der Waals surface area contributed by atoms with Gasteiger partial charge in [0, 0.05) is 10.6 Å². The van der Waals surface area contributed by atoms with Crippen LogP contribution in [0.5, 0.6) is 5.75 Å². The highest BCUT2D eigenvalue weighted by Crippen LogP contribution is 2.19. The Morgan fingerprint density at radius 3 is 2.57 bits per heavy atom. The third-order valence-electron chi connectivity index (χ3n) is 3.66. The molecule has 0 aliphatic rings.